The molecule has 0 bridgehead atoms. The molecule has 1 atom stereocenters. The van der Waals surface area contributed by atoms with Gasteiger partial charge in [0, 0.05) is 17.2 Å². The second-order valence-corrected chi connectivity index (χ2v) is 6.26. The quantitative estimate of drug-likeness (QED) is 0.824. The minimum absolute atomic E-state index is 0.129. The van der Waals surface area contributed by atoms with E-state index in [1.807, 2.05) is 30.3 Å². The average molecular weight is 348 g/mol. The van der Waals surface area contributed by atoms with E-state index in [0.29, 0.717) is 24.2 Å². The molecule has 1 saturated heterocycles. The fourth-order valence-electron chi connectivity index (χ4n) is 3.17. The van der Waals surface area contributed by atoms with Gasteiger partial charge in [0.25, 0.3) is 11.8 Å². The molecule has 7 nitrogen and oxygen atoms in total. The Balaban J connectivity index is 1.55. The molecule has 3 heterocycles. The van der Waals surface area contributed by atoms with E-state index in [1.165, 1.54) is 6.08 Å². The number of benzene rings is 1. The van der Waals surface area contributed by atoms with E-state index in [-0.39, 0.29) is 11.6 Å². The number of nitrogens with one attached hydrogen (secondary N) is 2. The molecular formula is C19H16N4O3. The number of piperidine rings is 1. The van der Waals surface area contributed by atoms with Crippen LogP contribution < -0.4 is 10.6 Å². The summed E-state index contributed by atoms with van der Waals surface area (Å²) in [6.07, 6.45) is 3.72. The predicted molar refractivity (Wildman–Crippen MR) is 95.6 cm³/mol. The summed E-state index contributed by atoms with van der Waals surface area (Å²) in [5.74, 6) is -1.40. The molecular weight excluding hydrogens is 332 g/mol. The second kappa shape index (κ2) is 6.11. The van der Waals surface area contributed by atoms with Gasteiger partial charge in [0.1, 0.15) is 11.7 Å². The molecule has 0 saturated carbocycles. The number of carbonyl (C=O) groups is 3. The van der Waals surface area contributed by atoms with Crippen LogP contribution in [0.3, 0.4) is 0 Å². The number of hydrogen-bond acceptors (Lipinski definition) is 5. The monoisotopic (exact) mass is 348 g/mol. The normalized spacial score (nSPS) is 20.4. The van der Waals surface area contributed by atoms with Crippen molar-refractivity contribution in [2.45, 2.75) is 18.9 Å². The summed E-state index contributed by atoms with van der Waals surface area (Å²) < 4.78 is 0. The summed E-state index contributed by atoms with van der Waals surface area (Å²) in [7, 11) is 0. The van der Waals surface area contributed by atoms with Crippen molar-refractivity contribution in [2.24, 2.45) is 0 Å². The van der Waals surface area contributed by atoms with Crippen molar-refractivity contribution >= 4 is 34.3 Å². The van der Waals surface area contributed by atoms with Gasteiger partial charge in [0.2, 0.25) is 5.91 Å². The van der Waals surface area contributed by atoms with Crippen LogP contribution in [0.15, 0.2) is 60.6 Å². The van der Waals surface area contributed by atoms with Crippen molar-refractivity contribution in [3.63, 3.8) is 0 Å². The molecule has 1 unspecified atom stereocenters. The maximum absolute atomic E-state index is 12.7. The van der Waals surface area contributed by atoms with E-state index in [9.17, 15) is 14.4 Å². The molecule has 0 radical (unpaired) electrons. The Morgan fingerprint density at radius 2 is 2.04 bits per heavy atom. The standard InChI is InChI=1S/C19H16N4O3/c1-11-6-7-16(18(25)21-11)23-17(24)9-15(19(23)26)22-13-8-12-4-2-3-5-14(12)20-10-13/h2-5,8-10,16,22H,1,6-7H2,(H,21,25). The van der Waals surface area contributed by atoms with Gasteiger partial charge in [-0.2, -0.15) is 0 Å². The second-order valence-electron chi connectivity index (χ2n) is 6.26. The van der Waals surface area contributed by atoms with Crippen LogP contribution in [0.1, 0.15) is 12.8 Å². The van der Waals surface area contributed by atoms with Gasteiger partial charge in [0.05, 0.1) is 17.4 Å². The highest BCUT2D eigenvalue weighted by Gasteiger charge is 2.41. The Bertz CT molecular complexity index is 995. The number of nitrogens with zero attached hydrogens (tertiary/aromatic N) is 2. The molecule has 0 spiro atoms. The highest BCUT2D eigenvalue weighted by Crippen LogP contribution is 2.25. The van der Waals surface area contributed by atoms with Gasteiger partial charge in [-0.15, -0.1) is 0 Å². The average Bonchev–Trinajstić information content (AvgIpc) is 2.89. The number of imide groups is 1. The number of hydrogen-bond donors (Lipinski definition) is 2. The number of para-hydroxylation sites is 1. The number of anilines is 1. The third-order valence-corrected chi connectivity index (χ3v) is 4.46. The first-order valence-electron chi connectivity index (χ1n) is 8.22. The lowest BCUT2D eigenvalue weighted by Crippen LogP contribution is -2.52. The van der Waals surface area contributed by atoms with Gasteiger partial charge in [-0.1, -0.05) is 24.8 Å². The molecule has 1 fully saturated rings. The van der Waals surface area contributed by atoms with E-state index in [1.54, 1.807) is 6.20 Å². The number of allylic oxidation sites excluding steroid dienone is 1. The molecule has 3 amide bonds. The zero-order chi connectivity index (χ0) is 18.3. The van der Waals surface area contributed by atoms with Gasteiger partial charge in [-0.3, -0.25) is 24.3 Å². The Kier molecular flexibility index (Phi) is 3.76. The van der Waals surface area contributed by atoms with Crippen molar-refractivity contribution in [1.82, 2.24) is 15.2 Å². The topological polar surface area (TPSA) is 91.4 Å². The molecule has 2 aliphatic heterocycles. The largest absolute Gasteiger partial charge is 0.350 e. The van der Waals surface area contributed by atoms with E-state index in [4.69, 9.17) is 0 Å². The van der Waals surface area contributed by atoms with Crippen molar-refractivity contribution in [2.75, 3.05) is 5.32 Å². The summed E-state index contributed by atoms with van der Waals surface area (Å²) in [5, 5.41) is 6.46. The molecule has 0 aliphatic carbocycles. The number of pyridine rings is 1. The maximum atomic E-state index is 12.7. The lowest BCUT2D eigenvalue weighted by molar-refractivity contribution is -0.146. The fraction of sp³-hybridized carbons (Fsp3) is 0.158. The van der Waals surface area contributed by atoms with Crippen LogP contribution in [0.4, 0.5) is 5.69 Å². The molecule has 130 valence electrons. The Morgan fingerprint density at radius 1 is 1.23 bits per heavy atom. The molecule has 4 rings (SSSR count). The first-order valence-corrected chi connectivity index (χ1v) is 8.22. The van der Waals surface area contributed by atoms with Crippen LogP contribution >= 0.6 is 0 Å². The summed E-state index contributed by atoms with van der Waals surface area (Å²) in [5.41, 5.74) is 2.16. The van der Waals surface area contributed by atoms with Crippen LogP contribution in [0.25, 0.3) is 10.9 Å². The summed E-state index contributed by atoms with van der Waals surface area (Å²) >= 11 is 0. The van der Waals surface area contributed by atoms with E-state index in [2.05, 4.69) is 22.2 Å². The Hall–Kier alpha value is -3.48. The Labute approximate surface area is 149 Å². The molecule has 7 heteroatoms. The van der Waals surface area contributed by atoms with E-state index < -0.39 is 17.9 Å². The van der Waals surface area contributed by atoms with Gasteiger partial charge in [0.15, 0.2) is 0 Å². The highest BCUT2D eigenvalue weighted by atomic mass is 16.2. The number of rotatable bonds is 3. The van der Waals surface area contributed by atoms with Gasteiger partial charge >= 0.3 is 0 Å². The number of aromatic nitrogens is 1. The molecule has 1 aromatic heterocycles. The van der Waals surface area contributed by atoms with Crippen molar-refractivity contribution < 1.29 is 14.4 Å². The minimum atomic E-state index is -0.814. The summed E-state index contributed by atoms with van der Waals surface area (Å²) in [4.78, 5) is 42.4. The first kappa shape index (κ1) is 16.0. The fourth-order valence-corrected chi connectivity index (χ4v) is 3.17. The summed E-state index contributed by atoms with van der Waals surface area (Å²) in [6.45, 7) is 3.71. The number of fused-ring (bicyclic) bond motifs is 1. The lowest BCUT2D eigenvalue weighted by Gasteiger charge is -2.29. The molecule has 26 heavy (non-hydrogen) atoms. The van der Waals surface area contributed by atoms with Crippen molar-refractivity contribution in [3.05, 3.63) is 60.6 Å². The zero-order valence-corrected chi connectivity index (χ0v) is 13.9. The van der Waals surface area contributed by atoms with E-state index >= 15 is 0 Å². The van der Waals surface area contributed by atoms with Crippen LogP contribution in [0.5, 0.6) is 0 Å². The zero-order valence-electron chi connectivity index (χ0n) is 13.9. The molecule has 2 N–H and O–H groups in total. The van der Waals surface area contributed by atoms with Crippen LogP contribution in [-0.2, 0) is 14.4 Å². The van der Waals surface area contributed by atoms with Gasteiger partial charge in [-0.25, -0.2) is 0 Å². The molecule has 2 aromatic rings. The van der Waals surface area contributed by atoms with Crippen molar-refractivity contribution in [3.8, 4) is 0 Å². The number of amides is 3. The predicted octanol–water partition coefficient (Wildman–Crippen LogP) is 1.69. The van der Waals surface area contributed by atoms with Gasteiger partial charge < -0.3 is 10.6 Å². The van der Waals surface area contributed by atoms with Crippen molar-refractivity contribution in [1.29, 1.82) is 0 Å². The molecule has 2 aliphatic rings. The maximum Gasteiger partial charge on any atom is 0.278 e. The smallest absolute Gasteiger partial charge is 0.278 e. The first-order chi connectivity index (χ1) is 12.5. The van der Waals surface area contributed by atoms with Crippen LogP contribution in [-0.4, -0.2) is 33.6 Å². The van der Waals surface area contributed by atoms with E-state index in [0.717, 1.165) is 15.8 Å². The molecule has 1 aromatic carbocycles. The van der Waals surface area contributed by atoms with Gasteiger partial charge in [-0.05, 0) is 25.0 Å². The number of carbonyl (C=O) groups excluding carboxylic acids is 3. The summed E-state index contributed by atoms with van der Waals surface area (Å²) in [6, 6.07) is 8.63. The third-order valence-electron chi connectivity index (χ3n) is 4.46. The lowest BCUT2D eigenvalue weighted by atomic mass is 10.0. The minimum Gasteiger partial charge on any atom is -0.350 e. The SMILES string of the molecule is C=C1CCC(N2C(=O)C=C(Nc3cnc4ccccc4c3)C2=O)C(=O)N1. The third kappa shape index (κ3) is 2.73. The van der Waals surface area contributed by atoms with Crippen LogP contribution in [0, 0.1) is 0 Å². The van der Waals surface area contributed by atoms with Crippen LogP contribution in [0.2, 0.25) is 0 Å². The Morgan fingerprint density at radius 3 is 2.85 bits per heavy atom. The highest BCUT2D eigenvalue weighted by molar-refractivity contribution is 6.19.